The van der Waals surface area contributed by atoms with Crippen LogP contribution in [0, 0.1) is 13.8 Å². The molecule has 0 aliphatic carbocycles. The van der Waals surface area contributed by atoms with E-state index in [4.69, 9.17) is 9.47 Å². The molecule has 0 heterocycles. The standard InChI is InChI=1S/C19H22N2O4/c1-4-24-18(22)15-6-8-16(9-7-15)21-19(23)20-12-25-17-10-5-13(2)14(3)11-17/h5-11H,4,12H2,1-3H3,(H2,20,21,23). The molecule has 0 aliphatic heterocycles. The first-order valence-corrected chi connectivity index (χ1v) is 8.01. The lowest BCUT2D eigenvalue weighted by molar-refractivity contribution is 0.0526. The topological polar surface area (TPSA) is 76.7 Å². The number of ether oxygens (including phenoxy) is 2. The Labute approximate surface area is 147 Å². The molecule has 2 aromatic rings. The number of anilines is 1. The molecule has 6 nitrogen and oxygen atoms in total. The number of rotatable bonds is 6. The second-order valence-corrected chi connectivity index (χ2v) is 5.46. The Kier molecular flexibility index (Phi) is 6.39. The van der Waals surface area contributed by atoms with Crippen LogP contribution in [0.25, 0.3) is 0 Å². The second kappa shape index (κ2) is 8.73. The van der Waals surface area contributed by atoms with Gasteiger partial charge in [-0.2, -0.15) is 0 Å². The summed E-state index contributed by atoms with van der Waals surface area (Å²) in [6, 6.07) is 11.8. The molecular weight excluding hydrogens is 320 g/mol. The van der Waals surface area contributed by atoms with Gasteiger partial charge in [-0.15, -0.1) is 0 Å². The minimum Gasteiger partial charge on any atom is -0.473 e. The quantitative estimate of drug-likeness (QED) is 0.621. The Morgan fingerprint density at radius 1 is 1.00 bits per heavy atom. The molecule has 0 aromatic heterocycles. The fourth-order valence-corrected chi connectivity index (χ4v) is 2.07. The van der Waals surface area contributed by atoms with Crippen molar-refractivity contribution >= 4 is 17.7 Å². The van der Waals surface area contributed by atoms with Crippen LogP contribution in [0.2, 0.25) is 0 Å². The van der Waals surface area contributed by atoms with Crippen molar-refractivity contribution in [1.29, 1.82) is 0 Å². The molecule has 2 N–H and O–H groups in total. The van der Waals surface area contributed by atoms with E-state index in [0.717, 1.165) is 5.56 Å². The van der Waals surface area contributed by atoms with Crippen molar-refractivity contribution in [3.63, 3.8) is 0 Å². The molecule has 2 rings (SSSR count). The van der Waals surface area contributed by atoms with E-state index in [0.29, 0.717) is 23.6 Å². The Morgan fingerprint density at radius 2 is 1.72 bits per heavy atom. The lowest BCUT2D eigenvalue weighted by Crippen LogP contribution is -2.32. The Hall–Kier alpha value is -3.02. The molecule has 0 saturated carbocycles. The zero-order valence-electron chi connectivity index (χ0n) is 14.6. The molecule has 0 saturated heterocycles. The van der Waals surface area contributed by atoms with Gasteiger partial charge in [-0.3, -0.25) is 0 Å². The maximum atomic E-state index is 11.9. The summed E-state index contributed by atoms with van der Waals surface area (Å²) in [5.74, 6) is 0.308. The maximum absolute atomic E-state index is 11.9. The van der Waals surface area contributed by atoms with E-state index in [9.17, 15) is 9.59 Å². The maximum Gasteiger partial charge on any atom is 0.338 e. The number of benzene rings is 2. The molecule has 132 valence electrons. The number of carbonyl (C=O) groups is 2. The highest BCUT2D eigenvalue weighted by Crippen LogP contribution is 2.16. The first-order valence-electron chi connectivity index (χ1n) is 8.01. The van der Waals surface area contributed by atoms with Crippen LogP contribution in [0.15, 0.2) is 42.5 Å². The van der Waals surface area contributed by atoms with Crippen molar-refractivity contribution in [2.45, 2.75) is 20.8 Å². The molecule has 2 amide bonds. The van der Waals surface area contributed by atoms with Gasteiger partial charge in [-0.05, 0) is 68.3 Å². The monoisotopic (exact) mass is 342 g/mol. The lowest BCUT2D eigenvalue weighted by Gasteiger charge is -2.11. The smallest absolute Gasteiger partial charge is 0.338 e. The van der Waals surface area contributed by atoms with Gasteiger partial charge in [0.05, 0.1) is 12.2 Å². The van der Waals surface area contributed by atoms with E-state index >= 15 is 0 Å². The summed E-state index contributed by atoms with van der Waals surface area (Å²) in [6.45, 7) is 6.15. The molecule has 0 fully saturated rings. The van der Waals surface area contributed by atoms with E-state index in [-0.39, 0.29) is 12.7 Å². The van der Waals surface area contributed by atoms with Crippen LogP contribution in [0.1, 0.15) is 28.4 Å². The highest BCUT2D eigenvalue weighted by Gasteiger charge is 2.07. The largest absolute Gasteiger partial charge is 0.473 e. The summed E-state index contributed by atoms with van der Waals surface area (Å²) in [5, 5.41) is 5.27. The molecule has 25 heavy (non-hydrogen) atoms. The van der Waals surface area contributed by atoms with Crippen LogP contribution in [-0.4, -0.2) is 25.3 Å². The SMILES string of the molecule is CCOC(=O)c1ccc(NC(=O)NCOc2ccc(C)c(C)c2)cc1. The number of carbonyl (C=O) groups excluding carboxylic acids is 2. The summed E-state index contributed by atoms with van der Waals surface area (Å²) in [7, 11) is 0. The summed E-state index contributed by atoms with van der Waals surface area (Å²) in [5.41, 5.74) is 3.32. The number of esters is 1. The third-order valence-electron chi connectivity index (χ3n) is 3.60. The number of amides is 2. The van der Waals surface area contributed by atoms with Gasteiger partial charge in [0.1, 0.15) is 5.75 Å². The van der Waals surface area contributed by atoms with Gasteiger partial charge in [0.15, 0.2) is 6.73 Å². The first kappa shape index (κ1) is 18.3. The number of urea groups is 1. The third kappa shape index (κ3) is 5.53. The summed E-state index contributed by atoms with van der Waals surface area (Å²) in [6.07, 6.45) is 0. The van der Waals surface area contributed by atoms with Crippen LogP contribution >= 0.6 is 0 Å². The van der Waals surface area contributed by atoms with Gasteiger partial charge in [-0.1, -0.05) is 6.07 Å². The van der Waals surface area contributed by atoms with E-state index < -0.39 is 6.03 Å². The second-order valence-electron chi connectivity index (χ2n) is 5.46. The fraction of sp³-hybridized carbons (Fsp3) is 0.263. The summed E-state index contributed by atoms with van der Waals surface area (Å²) >= 11 is 0. The van der Waals surface area contributed by atoms with Crippen LogP contribution in [0.5, 0.6) is 5.75 Å². The molecule has 0 aliphatic rings. The van der Waals surface area contributed by atoms with E-state index in [1.807, 2.05) is 32.0 Å². The van der Waals surface area contributed by atoms with Crippen molar-refractivity contribution < 1.29 is 19.1 Å². The first-order chi connectivity index (χ1) is 12.0. The molecule has 0 spiro atoms. The van der Waals surface area contributed by atoms with Crippen molar-refractivity contribution in [3.05, 3.63) is 59.2 Å². The third-order valence-corrected chi connectivity index (χ3v) is 3.60. The minimum atomic E-state index is -0.396. The Morgan fingerprint density at radius 3 is 2.36 bits per heavy atom. The van der Waals surface area contributed by atoms with Gasteiger partial charge in [0.25, 0.3) is 0 Å². The van der Waals surface area contributed by atoms with Gasteiger partial charge >= 0.3 is 12.0 Å². The van der Waals surface area contributed by atoms with Crippen molar-refractivity contribution in [3.8, 4) is 5.75 Å². The number of hydrogen-bond acceptors (Lipinski definition) is 4. The molecule has 0 radical (unpaired) electrons. The minimum absolute atomic E-state index is 0.0508. The van der Waals surface area contributed by atoms with Crippen LogP contribution in [0.3, 0.4) is 0 Å². The van der Waals surface area contributed by atoms with Gasteiger partial charge in [0, 0.05) is 5.69 Å². The highest BCUT2D eigenvalue weighted by atomic mass is 16.5. The molecular formula is C19H22N2O4. The van der Waals surface area contributed by atoms with Crippen LogP contribution < -0.4 is 15.4 Å². The average Bonchev–Trinajstić information content (AvgIpc) is 2.59. The molecule has 6 heteroatoms. The molecule has 0 bridgehead atoms. The van der Waals surface area contributed by atoms with Crippen molar-refractivity contribution in [2.75, 3.05) is 18.7 Å². The molecule has 2 aromatic carbocycles. The van der Waals surface area contributed by atoms with E-state index in [2.05, 4.69) is 10.6 Å². The predicted molar refractivity (Wildman–Crippen MR) is 96.0 cm³/mol. The van der Waals surface area contributed by atoms with Crippen LogP contribution in [-0.2, 0) is 4.74 Å². The average molecular weight is 342 g/mol. The highest BCUT2D eigenvalue weighted by molar-refractivity contribution is 5.92. The summed E-state index contributed by atoms with van der Waals surface area (Å²) in [4.78, 5) is 23.4. The van der Waals surface area contributed by atoms with Gasteiger partial charge < -0.3 is 20.1 Å². The van der Waals surface area contributed by atoms with E-state index in [1.54, 1.807) is 31.2 Å². The normalized spacial score (nSPS) is 10.0. The van der Waals surface area contributed by atoms with Crippen molar-refractivity contribution in [2.24, 2.45) is 0 Å². The Balaban J connectivity index is 1.79. The molecule has 0 unspecified atom stereocenters. The zero-order chi connectivity index (χ0) is 18.2. The zero-order valence-corrected chi connectivity index (χ0v) is 14.6. The fourth-order valence-electron chi connectivity index (χ4n) is 2.07. The number of aryl methyl sites for hydroxylation is 2. The van der Waals surface area contributed by atoms with Gasteiger partial charge in [-0.25, -0.2) is 9.59 Å². The number of nitrogens with one attached hydrogen (secondary N) is 2. The van der Waals surface area contributed by atoms with Crippen LogP contribution in [0.4, 0.5) is 10.5 Å². The predicted octanol–water partition coefficient (Wildman–Crippen LogP) is 3.64. The van der Waals surface area contributed by atoms with E-state index in [1.165, 1.54) is 5.56 Å². The Bertz CT molecular complexity index is 742. The number of hydrogen-bond donors (Lipinski definition) is 2. The summed E-state index contributed by atoms with van der Waals surface area (Å²) < 4.78 is 10.4. The van der Waals surface area contributed by atoms with Crippen molar-refractivity contribution in [1.82, 2.24) is 5.32 Å². The lowest BCUT2D eigenvalue weighted by atomic mass is 10.1. The van der Waals surface area contributed by atoms with Gasteiger partial charge in [0.2, 0.25) is 0 Å². The molecule has 0 atom stereocenters.